The Bertz CT molecular complexity index is 276. The molecule has 0 amide bonds. The van der Waals surface area contributed by atoms with Crippen LogP contribution in [0.3, 0.4) is 0 Å². The number of nitrogens with one attached hydrogen (secondary N) is 1. The number of rotatable bonds is 7. The van der Waals surface area contributed by atoms with E-state index < -0.39 is 0 Å². The van der Waals surface area contributed by atoms with Gasteiger partial charge in [-0.3, -0.25) is 4.98 Å². The van der Waals surface area contributed by atoms with Crippen LogP contribution in [0.1, 0.15) is 30.4 Å². The van der Waals surface area contributed by atoms with Gasteiger partial charge in [-0.1, -0.05) is 35.1 Å². The minimum atomic E-state index is 0.943. The Morgan fingerprint density at radius 1 is 1.27 bits per heavy atom. The molecule has 0 aliphatic carbocycles. The predicted molar refractivity (Wildman–Crippen MR) is 73.4 cm³/mol. The zero-order chi connectivity index (χ0) is 10.9. The second kappa shape index (κ2) is 8.05. The van der Waals surface area contributed by atoms with Crippen LogP contribution in [-0.2, 0) is 6.54 Å². The van der Waals surface area contributed by atoms with Crippen molar-refractivity contribution in [3.05, 3.63) is 29.6 Å². The number of nitrogens with zero attached hydrogens (tertiary/aromatic N) is 1. The van der Waals surface area contributed by atoms with Crippen molar-refractivity contribution in [2.75, 3.05) is 11.0 Å². The molecule has 0 spiro atoms. The summed E-state index contributed by atoms with van der Waals surface area (Å²) in [5.41, 5.74) is 2.52. The van der Waals surface area contributed by atoms with E-state index in [0.717, 1.165) is 13.1 Å². The second-order valence-electron chi connectivity index (χ2n) is 3.80. The molecule has 0 fully saturated rings. The maximum Gasteiger partial charge on any atom is 0.0313 e. The van der Waals surface area contributed by atoms with Gasteiger partial charge in [0.05, 0.1) is 0 Å². The molecule has 0 unspecified atom stereocenters. The van der Waals surface area contributed by atoms with Crippen LogP contribution in [0.2, 0.25) is 0 Å². The van der Waals surface area contributed by atoms with Gasteiger partial charge in [0.15, 0.2) is 0 Å². The quantitative estimate of drug-likeness (QED) is 0.475. The first-order valence-electron chi connectivity index (χ1n) is 5.50. The molecular weight excluding hydrogens is 299 g/mol. The number of aryl methyl sites for hydroxylation is 1. The highest BCUT2D eigenvalue weighted by atomic mass is 127. The molecule has 0 bridgehead atoms. The van der Waals surface area contributed by atoms with Crippen LogP contribution in [0.5, 0.6) is 0 Å². The topological polar surface area (TPSA) is 24.9 Å². The van der Waals surface area contributed by atoms with Crippen molar-refractivity contribution in [1.82, 2.24) is 10.3 Å². The van der Waals surface area contributed by atoms with Gasteiger partial charge in [-0.05, 0) is 41.9 Å². The molecule has 0 saturated heterocycles. The Kier molecular flexibility index (Phi) is 6.92. The molecule has 2 nitrogen and oxygen atoms in total. The smallest absolute Gasteiger partial charge is 0.0313 e. The van der Waals surface area contributed by atoms with E-state index in [2.05, 4.69) is 45.9 Å². The average Bonchev–Trinajstić information content (AvgIpc) is 2.23. The normalized spacial score (nSPS) is 10.5. The summed E-state index contributed by atoms with van der Waals surface area (Å²) in [5, 5.41) is 3.45. The van der Waals surface area contributed by atoms with E-state index in [1.807, 2.05) is 12.4 Å². The number of alkyl halides is 1. The SMILES string of the molecule is Cc1cncc(CNCCCCCI)c1. The molecule has 84 valence electrons. The molecule has 0 radical (unpaired) electrons. The third-order valence-electron chi connectivity index (χ3n) is 2.25. The lowest BCUT2D eigenvalue weighted by atomic mass is 10.2. The van der Waals surface area contributed by atoms with Crippen molar-refractivity contribution in [1.29, 1.82) is 0 Å². The van der Waals surface area contributed by atoms with Gasteiger partial charge in [-0.2, -0.15) is 0 Å². The number of pyridine rings is 1. The second-order valence-corrected chi connectivity index (χ2v) is 4.88. The Hall–Kier alpha value is -0.160. The Morgan fingerprint density at radius 2 is 2.13 bits per heavy atom. The Labute approximate surface area is 106 Å². The minimum absolute atomic E-state index is 0.943. The molecule has 1 N–H and O–H groups in total. The lowest BCUT2D eigenvalue weighted by Crippen LogP contribution is -2.14. The largest absolute Gasteiger partial charge is 0.313 e. The summed E-state index contributed by atoms with van der Waals surface area (Å²) in [6.07, 6.45) is 7.78. The van der Waals surface area contributed by atoms with Crippen molar-refractivity contribution in [2.45, 2.75) is 32.7 Å². The van der Waals surface area contributed by atoms with Crippen molar-refractivity contribution in [3.8, 4) is 0 Å². The molecule has 0 atom stereocenters. The van der Waals surface area contributed by atoms with Crippen LogP contribution >= 0.6 is 22.6 Å². The summed E-state index contributed by atoms with van der Waals surface area (Å²) in [4.78, 5) is 4.17. The van der Waals surface area contributed by atoms with Crippen molar-refractivity contribution < 1.29 is 0 Å². The van der Waals surface area contributed by atoms with Gasteiger partial charge in [-0.15, -0.1) is 0 Å². The molecule has 3 heteroatoms. The van der Waals surface area contributed by atoms with E-state index in [0.29, 0.717) is 0 Å². The highest BCUT2D eigenvalue weighted by Crippen LogP contribution is 2.01. The van der Waals surface area contributed by atoms with E-state index in [9.17, 15) is 0 Å². The average molecular weight is 318 g/mol. The summed E-state index contributed by atoms with van der Waals surface area (Å²) in [6.45, 7) is 4.14. The summed E-state index contributed by atoms with van der Waals surface area (Å²) in [7, 11) is 0. The van der Waals surface area contributed by atoms with E-state index in [1.165, 1.54) is 34.8 Å². The number of unbranched alkanes of at least 4 members (excludes halogenated alkanes) is 2. The molecule has 0 aromatic carbocycles. The van der Waals surface area contributed by atoms with E-state index >= 15 is 0 Å². The van der Waals surface area contributed by atoms with Gasteiger partial charge < -0.3 is 5.32 Å². The van der Waals surface area contributed by atoms with Gasteiger partial charge in [0.25, 0.3) is 0 Å². The number of hydrogen-bond donors (Lipinski definition) is 1. The van der Waals surface area contributed by atoms with Gasteiger partial charge in [0.2, 0.25) is 0 Å². The molecule has 1 rings (SSSR count). The number of hydrogen-bond acceptors (Lipinski definition) is 2. The predicted octanol–water partition coefficient (Wildman–Crippen LogP) is 3.08. The van der Waals surface area contributed by atoms with Crippen LogP contribution in [0.25, 0.3) is 0 Å². The fourth-order valence-electron chi connectivity index (χ4n) is 1.47. The highest BCUT2D eigenvalue weighted by Gasteiger charge is 1.93. The Balaban J connectivity index is 2.10. The van der Waals surface area contributed by atoms with Crippen LogP contribution in [0.15, 0.2) is 18.5 Å². The number of halogens is 1. The van der Waals surface area contributed by atoms with Gasteiger partial charge in [0.1, 0.15) is 0 Å². The number of aromatic nitrogens is 1. The molecule has 1 aromatic heterocycles. The summed E-state index contributed by atoms with van der Waals surface area (Å²) >= 11 is 2.43. The lowest BCUT2D eigenvalue weighted by molar-refractivity contribution is 0.619. The zero-order valence-electron chi connectivity index (χ0n) is 9.30. The van der Waals surface area contributed by atoms with Crippen LogP contribution in [0.4, 0.5) is 0 Å². The van der Waals surface area contributed by atoms with Crippen LogP contribution < -0.4 is 5.32 Å². The molecule has 15 heavy (non-hydrogen) atoms. The first kappa shape index (κ1) is 12.9. The third kappa shape index (κ3) is 6.10. The van der Waals surface area contributed by atoms with Gasteiger partial charge in [0, 0.05) is 18.9 Å². The third-order valence-corrected chi connectivity index (χ3v) is 3.01. The van der Waals surface area contributed by atoms with Gasteiger partial charge in [-0.25, -0.2) is 0 Å². The lowest BCUT2D eigenvalue weighted by Gasteiger charge is -2.04. The maximum absolute atomic E-state index is 4.17. The molecule has 0 saturated carbocycles. The first-order valence-corrected chi connectivity index (χ1v) is 7.02. The minimum Gasteiger partial charge on any atom is -0.313 e. The van der Waals surface area contributed by atoms with Crippen LogP contribution in [0, 0.1) is 6.92 Å². The molecule has 0 aliphatic heterocycles. The Morgan fingerprint density at radius 3 is 2.87 bits per heavy atom. The van der Waals surface area contributed by atoms with Crippen molar-refractivity contribution in [3.63, 3.8) is 0 Å². The van der Waals surface area contributed by atoms with E-state index in [1.54, 1.807) is 0 Å². The van der Waals surface area contributed by atoms with Crippen LogP contribution in [-0.4, -0.2) is 16.0 Å². The van der Waals surface area contributed by atoms with Gasteiger partial charge >= 0.3 is 0 Å². The molecule has 1 heterocycles. The standard InChI is InChI=1S/C12H19IN2/c1-11-7-12(10-15-8-11)9-14-6-4-2-3-5-13/h7-8,10,14H,2-6,9H2,1H3. The molecule has 0 aliphatic rings. The zero-order valence-corrected chi connectivity index (χ0v) is 11.5. The van der Waals surface area contributed by atoms with Crippen molar-refractivity contribution in [2.24, 2.45) is 0 Å². The van der Waals surface area contributed by atoms with Crippen molar-refractivity contribution >= 4 is 22.6 Å². The summed E-state index contributed by atoms with van der Waals surface area (Å²) in [6, 6.07) is 2.19. The fraction of sp³-hybridized carbons (Fsp3) is 0.583. The molecule has 1 aromatic rings. The molecular formula is C12H19IN2. The monoisotopic (exact) mass is 318 g/mol. The summed E-state index contributed by atoms with van der Waals surface area (Å²) < 4.78 is 1.28. The highest BCUT2D eigenvalue weighted by molar-refractivity contribution is 14.1. The fourth-order valence-corrected chi connectivity index (χ4v) is 2.01. The first-order chi connectivity index (χ1) is 7.33. The maximum atomic E-state index is 4.17. The summed E-state index contributed by atoms with van der Waals surface area (Å²) in [5.74, 6) is 0. The van der Waals surface area contributed by atoms with E-state index in [-0.39, 0.29) is 0 Å². The van der Waals surface area contributed by atoms with E-state index in [4.69, 9.17) is 0 Å².